The molecule has 0 aliphatic heterocycles. The van der Waals surface area contributed by atoms with E-state index < -0.39 is 6.10 Å². The van der Waals surface area contributed by atoms with Crippen LogP contribution in [0.1, 0.15) is 11.7 Å². The Morgan fingerprint density at radius 3 is 2.55 bits per heavy atom. The molecule has 1 unspecified atom stereocenters. The number of hydrogen-bond acceptors (Lipinski definition) is 2. The third-order valence-electron chi connectivity index (χ3n) is 2.77. The lowest BCUT2D eigenvalue weighted by Crippen LogP contribution is -2.23. The van der Waals surface area contributed by atoms with Gasteiger partial charge in [0.15, 0.2) is 6.10 Å². The summed E-state index contributed by atoms with van der Waals surface area (Å²) < 4.78 is 6.17. The number of nitrogens with one attached hydrogen (secondary N) is 1. The van der Waals surface area contributed by atoms with Gasteiger partial charge in [0.25, 0.3) is 5.91 Å². The quantitative estimate of drug-likeness (QED) is 0.777. The molecule has 0 saturated heterocycles. The molecule has 0 aliphatic carbocycles. The van der Waals surface area contributed by atoms with Gasteiger partial charge in [0.05, 0.1) is 5.69 Å². The number of methoxy groups -OCH3 is 1. The molecule has 1 N–H and O–H groups in total. The van der Waals surface area contributed by atoms with Gasteiger partial charge in [-0.25, -0.2) is 0 Å². The highest BCUT2D eigenvalue weighted by Crippen LogP contribution is 2.24. The maximum absolute atomic E-state index is 12.3. The summed E-state index contributed by atoms with van der Waals surface area (Å²) in [5.41, 5.74) is 1.54. The molecule has 20 heavy (non-hydrogen) atoms. The topological polar surface area (TPSA) is 38.3 Å². The van der Waals surface area contributed by atoms with Crippen LogP contribution in [0.3, 0.4) is 0 Å². The average Bonchev–Trinajstić information content (AvgIpc) is 2.44. The minimum Gasteiger partial charge on any atom is -0.367 e. The van der Waals surface area contributed by atoms with E-state index in [9.17, 15) is 4.79 Å². The standard InChI is InChI=1S/C15H13ClINO2/c1-20-14(10-5-3-2-4-6-10)15(19)18-13-8-7-11(16)9-12(13)17/h2-9,14H,1H3,(H,18,19). The van der Waals surface area contributed by atoms with Gasteiger partial charge in [-0.05, 0) is 46.4 Å². The van der Waals surface area contributed by atoms with E-state index >= 15 is 0 Å². The third-order valence-corrected chi connectivity index (χ3v) is 3.89. The van der Waals surface area contributed by atoms with Crippen molar-refractivity contribution in [3.63, 3.8) is 0 Å². The zero-order chi connectivity index (χ0) is 14.5. The summed E-state index contributed by atoms with van der Waals surface area (Å²) in [5.74, 6) is -0.209. The zero-order valence-corrected chi connectivity index (χ0v) is 13.7. The Labute approximate surface area is 136 Å². The molecule has 104 valence electrons. The number of ether oxygens (including phenoxy) is 1. The van der Waals surface area contributed by atoms with Gasteiger partial charge in [-0.15, -0.1) is 0 Å². The van der Waals surface area contributed by atoms with Crippen LogP contribution in [0.15, 0.2) is 48.5 Å². The summed E-state index contributed by atoms with van der Waals surface area (Å²) in [6, 6.07) is 14.7. The molecule has 1 atom stereocenters. The average molecular weight is 402 g/mol. The summed E-state index contributed by atoms with van der Waals surface area (Å²) in [7, 11) is 1.52. The second kappa shape index (κ2) is 7.06. The molecular weight excluding hydrogens is 389 g/mol. The van der Waals surface area contributed by atoms with Crippen LogP contribution in [-0.4, -0.2) is 13.0 Å². The first kappa shape index (κ1) is 15.3. The van der Waals surface area contributed by atoms with Crippen LogP contribution in [0.4, 0.5) is 5.69 Å². The number of benzene rings is 2. The van der Waals surface area contributed by atoms with Crippen LogP contribution in [0.5, 0.6) is 0 Å². The van der Waals surface area contributed by atoms with E-state index in [4.69, 9.17) is 16.3 Å². The highest BCUT2D eigenvalue weighted by molar-refractivity contribution is 14.1. The molecule has 0 heterocycles. The van der Waals surface area contributed by atoms with Crippen molar-refractivity contribution in [2.45, 2.75) is 6.10 Å². The van der Waals surface area contributed by atoms with Crippen molar-refractivity contribution >= 4 is 45.8 Å². The second-order valence-electron chi connectivity index (χ2n) is 4.14. The maximum atomic E-state index is 12.3. The summed E-state index contributed by atoms with van der Waals surface area (Å²) in [5, 5.41) is 3.49. The molecule has 0 aliphatic rings. The Kier molecular flexibility index (Phi) is 5.39. The molecular formula is C15H13ClINO2. The van der Waals surface area contributed by atoms with Gasteiger partial charge in [-0.2, -0.15) is 0 Å². The van der Waals surface area contributed by atoms with Crippen LogP contribution in [0.2, 0.25) is 5.02 Å². The van der Waals surface area contributed by atoms with E-state index in [2.05, 4.69) is 27.9 Å². The predicted molar refractivity (Wildman–Crippen MR) is 89.0 cm³/mol. The Hall–Kier alpha value is -1.11. The molecule has 2 aromatic carbocycles. The highest BCUT2D eigenvalue weighted by atomic mass is 127. The number of amides is 1. The lowest BCUT2D eigenvalue weighted by atomic mass is 10.1. The van der Waals surface area contributed by atoms with E-state index in [-0.39, 0.29) is 5.91 Å². The van der Waals surface area contributed by atoms with Gasteiger partial charge < -0.3 is 10.1 Å². The number of rotatable bonds is 4. The third kappa shape index (κ3) is 3.71. The smallest absolute Gasteiger partial charge is 0.258 e. The monoisotopic (exact) mass is 401 g/mol. The summed E-state index contributed by atoms with van der Waals surface area (Å²) in [4.78, 5) is 12.3. The van der Waals surface area contributed by atoms with Crippen molar-refractivity contribution in [3.8, 4) is 0 Å². The Bertz CT molecular complexity index is 604. The normalized spacial score (nSPS) is 11.9. The van der Waals surface area contributed by atoms with Gasteiger partial charge in [0, 0.05) is 15.7 Å². The molecule has 0 radical (unpaired) electrons. The number of hydrogen-bond donors (Lipinski definition) is 1. The number of carbonyl (C=O) groups is 1. The second-order valence-corrected chi connectivity index (χ2v) is 5.74. The summed E-state index contributed by atoms with van der Waals surface area (Å²) in [6.07, 6.45) is -0.636. The van der Waals surface area contributed by atoms with Gasteiger partial charge in [-0.3, -0.25) is 4.79 Å². The molecule has 1 amide bonds. The van der Waals surface area contributed by atoms with Gasteiger partial charge in [0.2, 0.25) is 0 Å². The van der Waals surface area contributed by atoms with Gasteiger partial charge in [-0.1, -0.05) is 41.9 Å². The lowest BCUT2D eigenvalue weighted by molar-refractivity contribution is -0.126. The summed E-state index contributed by atoms with van der Waals surface area (Å²) >= 11 is 8.03. The number of anilines is 1. The van der Waals surface area contributed by atoms with Crippen molar-refractivity contribution in [2.75, 3.05) is 12.4 Å². The van der Waals surface area contributed by atoms with Crippen LogP contribution in [0.25, 0.3) is 0 Å². The molecule has 2 aromatic rings. The van der Waals surface area contributed by atoms with Gasteiger partial charge >= 0.3 is 0 Å². The molecule has 2 rings (SSSR count). The fourth-order valence-electron chi connectivity index (χ4n) is 1.81. The van der Waals surface area contributed by atoms with E-state index in [1.165, 1.54) is 7.11 Å². The van der Waals surface area contributed by atoms with Crippen molar-refractivity contribution in [3.05, 3.63) is 62.7 Å². The minimum atomic E-state index is -0.636. The van der Waals surface area contributed by atoms with Crippen molar-refractivity contribution < 1.29 is 9.53 Å². The van der Waals surface area contributed by atoms with Crippen LogP contribution in [-0.2, 0) is 9.53 Å². The SMILES string of the molecule is COC(C(=O)Nc1ccc(Cl)cc1I)c1ccccc1. The van der Waals surface area contributed by atoms with E-state index in [1.807, 2.05) is 30.3 Å². The largest absolute Gasteiger partial charge is 0.367 e. The van der Waals surface area contributed by atoms with Crippen molar-refractivity contribution in [1.29, 1.82) is 0 Å². The lowest BCUT2D eigenvalue weighted by Gasteiger charge is -2.16. The molecule has 0 spiro atoms. The first-order chi connectivity index (χ1) is 9.61. The first-order valence-electron chi connectivity index (χ1n) is 5.95. The van der Waals surface area contributed by atoms with E-state index in [0.717, 1.165) is 14.8 Å². The zero-order valence-electron chi connectivity index (χ0n) is 10.8. The fraction of sp³-hybridized carbons (Fsp3) is 0.133. The Morgan fingerprint density at radius 2 is 1.95 bits per heavy atom. The maximum Gasteiger partial charge on any atom is 0.258 e. The molecule has 0 bridgehead atoms. The molecule has 0 fully saturated rings. The fourth-order valence-corrected chi connectivity index (χ4v) is 2.82. The van der Waals surface area contributed by atoms with Crippen LogP contribution < -0.4 is 5.32 Å². The predicted octanol–water partition coefficient (Wildman–Crippen LogP) is 4.27. The molecule has 5 heteroatoms. The molecule has 0 saturated carbocycles. The van der Waals surface area contributed by atoms with Gasteiger partial charge in [0.1, 0.15) is 0 Å². The van der Waals surface area contributed by atoms with E-state index in [0.29, 0.717) is 5.02 Å². The van der Waals surface area contributed by atoms with E-state index in [1.54, 1.807) is 18.2 Å². The minimum absolute atomic E-state index is 0.209. The number of halogens is 2. The Morgan fingerprint density at radius 1 is 1.25 bits per heavy atom. The molecule has 0 aromatic heterocycles. The summed E-state index contributed by atoms with van der Waals surface area (Å²) in [6.45, 7) is 0. The van der Waals surface area contributed by atoms with Crippen LogP contribution in [0, 0.1) is 3.57 Å². The van der Waals surface area contributed by atoms with Crippen molar-refractivity contribution in [1.82, 2.24) is 0 Å². The first-order valence-corrected chi connectivity index (χ1v) is 7.41. The van der Waals surface area contributed by atoms with Crippen molar-refractivity contribution in [2.24, 2.45) is 0 Å². The molecule has 3 nitrogen and oxygen atoms in total. The highest BCUT2D eigenvalue weighted by Gasteiger charge is 2.20. The number of carbonyl (C=O) groups excluding carboxylic acids is 1. The van der Waals surface area contributed by atoms with Crippen LogP contribution >= 0.6 is 34.2 Å². The Balaban J connectivity index is 2.18.